The summed E-state index contributed by atoms with van der Waals surface area (Å²) in [6, 6.07) is 22.4. The second kappa shape index (κ2) is 4.94. The topological polar surface area (TPSA) is 29.9 Å². The first kappa shape index (κ1) is 11.5. The molecule has 0 radical (unpaired) electrons. The van der Waals surface area contributed by atoms with Crippen LogP contribution in [0.3, 0.4) is 0 Å². The summed E-state index contributed by atoms with van der Waals surface area (Å²) < 4.78 is 2.00. The molecule has 3 aromatic rings. The molecular weight excluding hydrogens is 232 g/mol. The third kappa shape index (κ3) is 2.33. The largest absolute Gasteiger partial charge is 0.287 e. The summed E-state index contributed by atoms with van der Waals surface area (Å²) in [4.78, 5) is 0. The molecule has 92 valence electrons. The molecule has 0 aliphatic carbocycles. The second-order valence-corrected chi connectivity index (χ2v) is 4.42. The maximum atomic E-state index is 6.22. The fourth-order valence-electron chi connectivity index (χ4n) is 2.18. The predicted octanol–water partition coefficient (Wildman–Crippen LogP) is 3.04. The van der Waals surface area contributed by atoms with Gasteiger partial charge in [-0.1, -0.05) is 48.5 Å². The maximum Gasteiger partial charge on any atom is 0.278 e. The van der Waals surface area contributed by atoms with Crippen LogP contribution in [-0.4, -0.2) is 0 Å². The van der Waals surface area contributed by atoms with Crippen LogP contribution >= 0.6 is 0 Å². The zero-order valence-corrected chi connectivity index (χ0v) is 10.5. The lowest BCUT2D eigenvalue weighted by Gasteiger charge is -2.03. The number of hydrogen-bond donors (Lipinski definition) is 1. The van der Waals surface area contributed by atoms with Crippen LogP contribution in [0.1, 0.15) is 5.56 Å². The van der Waals surface area contributed by atoms with E-state index in [2.05, 4.69) is 18.2 Å². The van der Waals surface area contributed by atoms with E-state index in [0.717, 1.165) is 11.1 Å². The number of rotatable bonds is 2. The van der Waals surface area contributed by atoms with Gasteiger partial charge in [-0.15, -0.1) is 0 Å². The number of nitrogens with two attached hydrogens (primary N) is 1. The zero-order chi connectivity index (χ0) is 13.1. The third-order valence-corrected chi connectivity index (χ3v) is 3.10. The van der Waals surface area contributed by atoms with E-state index >= 15 is 0 Å². The van der Waals surface area contributed by atoms with E-state index in [4.69, 9.17) is 5.73 Å². The average molecular weight is 247 g/mol. The number of para-hydroxylation sites is 1. The van der Waals surface area contributed by atoms with Crippen LogP contribution < -0.4 is 10.3 Å². The quantitative estimate of drug-likeness (QED) is 0.693. The van der Waals surface area contributed by atoms with Gasteiger partial charge in [-0.2, -0.15) is 4.57 Å². The summed E-state index contributed by atoms with van der Waals surface area (Å²) in [6.07, 6.45) is 3.96. The highest BCUT2D eigenvalue weighted by molar-refractivity contribution is 5.77. The number of benzene rings is 2. The molecule has 0 spiro atoms. The minimum Gasteiger partial charge on any atom is -0.287 e. The van der Waals surface area contributed by atoms with Crippen molar-refractivity contribution in [3.05, 3.63) is 78.5 Å². The van der Waals surface area contributed by atoms with Gasteiger partial charge >= 0.3 is 0 Å². The Morgan fingerprint density at radius 3 is 2.37 bits per heavy atom. The van der Waals surface area contributed by atoms with Crippen molar-refractivity contribution in [3.8, 4) is 0 Å². The number of aromatic nitrogens is 1. The van der Waals surface area contributed by atoms with Gasteiger partial charge in [0.25, 0.3) is 5.82 Å². The summed E-state index contributed by atoms with van der Waals surface area (Å²) in [6.45, 7) is 0. The van der Waals surface area contributed by atoms with Crippen molar-refractivity contribution in [3.63, 3.8) is 0 Å². The van der Waals surface area contributed by atoms with E-state index in [1.807, 2.05) is 65.4 Å². The Hall–Kier alpha value is -2.61. The highest BCUT2D eigenvalue weighted by Gasteiger charge is 2.07. The molecule has 0 saturated heterocycles. The number of nitrogens with zero attached hydrogens (tertiary/aromatic N) is 1. The molecule has 0 unspecified atom stereocenters. The van der Waals surface area contributed by atoms with E-state index in [1.54, 1.807) is 0 Å². The van der Waals surface area contributed by atoms with E-state index in [1.165, 1.54) is 5.39 Å². The molecule has 0 fully saturated rings. The van der Waals surface area contributed by atoms with Crippen LogP contribution in [0.4, 0.5) is 0 Å². The molecule has 0 saturated carbocycles. The van der Waals surface area contributed by atoms with Crippen LogP contribution in [0.15, 0.2) is 72.9 Å². The highest BCUT2D eigenvalue weighted by Crippen LogP contribution is 2.10. The Morgan fingerprint density at radius 2 is 1.53 bits per heavy atom. The molecule has 19 heavy (non-hydrogen) atoms. The first-order valence-corrected chi connectivity index (χ1v) is 6.26. The molecule has 0 atom stereocenters. The van der Waals surface area contributed by atoms with Crippen molar-refractivity contribution in [1.82, 2.24) is 0 Å². The van der Waals surface area contributed by atoms with Gasteiger partial charge in [-0.05, 0) is 23.8 Å². The second-order valence-electron chi connectivity index (χ2n) is 4.42. The standard InChI is InChI=1S/C17H15N2/c18-17(13-14-7-2-1-3-8-14)19-12-6-10-15-9-4-5-11-16(15)19/h1-13H,18H2/q+1. The van der Waals surface area contributed by atoms with Crippen molar-refractivity contribution < 1.29 is 4.57 Å². The van der Waals surface area contributed by atoms with Crippen LogP contribution in [0.25, 0.3) is 22.8 Å². The van der Waals surface area contributed by atoms with Gasteiger partial charge < -0.3 is 0 Å². The average Bonchev–Trinajstić information content (AvgIpc) is 2.47. The van der Waals surface area contributed by atoms with E-state index in [-0.39, 0.29) is 0 Å². The summed E-state index contributed by atoms with van der Waals surface area (Å²) >= 11 is 0. The Balaban J connectivity index is 2.12. The lowest BCUT2D eigenvalue weighted by molar-refractivity contribution is -0.552. The zero-order valence-electron chi connectivity index (χ0n) is 10.5. The molecule has 0 aliphatic rings. The Labute approximate surface area is 112 Å². The minimum absolute atomic E-state index is 0.711. The molecule has 0 bridgehead atoms. The molecule has 0 aliphatic heterocycles. The molecule has 3 rings (SSSR count). The van der Waals surface area contributed by atoms with Crippen molar-refractivity contribution in [2.45, 2.75) is 0 Å². The fourth-order valence-corrected chi connectivity index (χ4v) is 2.18. The molecule has 0 amide bonds. The predicted molar refractivity (Wildman–Crippen MR) is 78.9 cm³/mol. The van der Waals surface area contributed by atoms with Crippen molar-refractivity contribution in [2.75, 3.05) is 0 Å². The number of fused-ring (bicyclic) bond motifs is 1. The molecule has 2 N–H and O–H groups in total. The Morgan fingerprint density at radius 1 is 0.842 bits per heavy atom. The molecule has 1 heterocycles. The SMILES string of the molecule is NC(=Cc1ccccc1)[n+]1cccc2ccccc21. The van der Waals surface area contributed by atoms with Gasteiger partial charge in [-0.25, -0.2) is 0 Å². The first-order valence-electron chi connectivity index (χ1n) is 6.26. The lowest BCUT2D eigenvalue weighted by atomic mass is 10.2. The molecule has 1 aromatic heterocycles. The number of hydrogen-bond acceptors (Lipinski definition) is 1. The van der Waals surface area contributed by atoms with Crippen molar-refractivity contribution in [1.29, 1.82) is 0 Å². The summed E-state index contributed by atoms with van der Waals surface area (Å²) in [5.74, 6) is 0.711. The highest BCUT2D eigenvalue weighted by atomic mass is 15.0. The smallest absolute Gasteiger partial charge is 0.278 e. The lowest BCUT2D eigenvalue weighted by Crippen LogP contribution is -2.36. The summed E-state index contributed by atoms with van der Waals surface area (Å²) in [5.41, 5.74) is 8.42. The maximum absolute atomic E-state index is 6.22. The van der Waals surface area contributed by atoms with Gasteiger partial charge in [-0.3, -0.25) is 5.73 Å². The first-order chi connectivity index (χ1) is 9.34. The van der Waals surface area contributed by atoms with Gasteiger partial charge in [0.05, 0.1) is 6.20 Å². The van der Waals surface area contributed by atoms with Crippen molar-refractivity contribution in [2.24, 2.45) is 5.73 Å². The van der Waals surface area contributed by atoms with Crippen LogP contribution in [0.5, 0.6) is 0 Å². The van der Waals surface area contributed by atoms with E-state index in [0.29, 0.717) is 5.82 Å². The van der Waals surface area contributed by atoms with Crippen LogP contribution in [-0.2, 0) is 0 Å². The Bertz CT molecular complexity index is 725. The Kier molecular flexibility index (Phi) is 2.99. The molecule has 2 aromatic carbocycles. The number of pyridine rings is 1. The van der Waals surface area contributed by atoms with Gasteiger partial charge in [0, 0.05) is 11.5 Å². The van der Waals surface area contributed by atoms with E-state index in [9.17, 15) is 0 Å². The van der Waals surface area contributed by atoms with Crippen LogP contribution in [0.2, 0.25) is 0 Å². The molecule has 2 nitrogen and oxygen atoms in total. The normalized spacial score (nSPS) is 11.7. The van der Waals surface area contributed by atoms with Crippen molar-refractivity contribution >= 4 is 22.8 Å². The van der Waals surface area contributed by atoms with Crippen LogP contribution in [0, 0.1) is 0 Å². The summed E-state index contributed by atoms with van der Waals surface area (Å²) in [7, 11) is 0. The van der Waals surface area contributed by atoms with Gasteiger partial charge in [0.2, 0.25) is 0 Å². The molecule has 2 heteroatoms. The van der Waals surface area contributed by atoms with Gasteiger partial charge in [0.15, 0.2) is 0 Å². The van der Waals surface area contributed by atoms with E-state index < -0.39 is 0 Å². The van der Waals surface area contributed by atoms with Gasteiger partial charge in [0.1, 0.15) is 5.52 Å². The summed E-state index contributed by atoms with van der Waals surface area (Å²) in [5, 5.41) is 1.18. The fraction of sp³-hybridized carbons (Fsp3) is 0. The molecular formula is C17H15N2+. The third-order valence-electron chi connectivity index (χ3n) is 3.10. The monoisotopic (exact) mass is 247 g/mol. The minimum atomic E-state index is 0.711.